The number of carbonyl (C=O) groups is 1. The number of rotatable bonds is 7. The second kappa shape index (κ2) is 8.73. The molecule has 0 radical (unpaired) electrons. The molecule has 0 spiro atoms. The maximum Gasteiger partial charge on any atom is 0.224 e. The van der Waals surface area contributed by atoms with E-state index < -0.39 is 14.6 Å². The third-order valence-corrected chi connectivity index (χ3v) is 6.52. The minimum atomic E-state index is -3.47. The molecule has 6 nitrogen and oxygen atoms in total. The number of sulfone groups is 1. The summed E-state index contributed by atoms with van der Waals surface area (Å²) in [6, 6.07) is 10.8. The molecule has 1 aromatic carbocycles. The van der Waals surface area contributed by atoms with Gasteiger partial charge in [0.25, 0.3) is 0 Å². The molecule has 0 aliphatic rings. The van der Waals surface area contributed by atoms with Crippen LogP contribution in [0.1, 0.15) is 46.6 Å². The summed E-state index contributed by atoms with van der Waals surface area (Å²) in [6.45, 7) is 9.51. The number of aromatic nitrogens is 1. The molecule has 152 valence electrons. The van der Waals surface area contributed by atoms with Crippen LogP contribution < -0.4 is 10.6 Å². The maximum absolute atomic E-state index is 12.4. The van der Waals surface area contributed by atoms with Gasteiger partial charge < -0.3 is 10.6 Å². The standard InChI is InChI=1S/C21H29N3O3S/c1-15(2)11-19(25)24-17-8-6-7-16(12-17)13-22-18-9-10-20(23-14-18)28(26,27)21(3,4)5/h6-10,12,14-15,22H,11,13H2,1-5H3,(H,24,25). The third kappa shape index (κ3) is 5.79. The van der Waals surface area contributed by atoms with Gasteiger partial charge in [0, 0.05) is 18.7 Å². The number of pyridine rings is 1. The number of amides is 1. The molecule has 1 amide bonds. The fourth-order valence-electron chi connectivity index (χ4n) is 2.50. The Bertz CT molecular complexity index is 915. The Labute approximate surface area is 167 Å². The van der Waals surface area contributed by atoms with Gasteiger partial charge in [-0.05, 0) is 56.5 Å². The summed E-state index contributed by atoms with van der Waals surface area (Å²) >= 11 is 0. The van der Waals surface area contributed by atoms with Crippen LogP contribution in [0.2, 0.25) is 0 Å². The van der Waals surface area contributed by atoms with Gasteiger partial charge in [-0.25, -0.2) is 13.4 Å². The van der Waals surface area contributed by atoms with E-state index in [0.717, 1.165) is 16.9 Å². The first-order valence-electron chi connectivity index (χ1n) is 9.32. The smallest absolute Gasteiger partial charge is 0.224 e. The average Bonchev–Trinajstić information content (AvgIpc) is 2.59. The Kier molecular flexibility index (Phi) is 6.82. The van der Waals surface area contributed by atoms with Crippen LogP contribution in [0.3, 0.4) is 0 Å². The molecule has 2 aromatic rings. The molecule has 28 heavy (non-hydrogen) atoms. The van der Waals surface area contributed by atoms with Crippen LogP contribution >= 0.6 is 0 Å². The van der Waals surface area contributed by atoms with Gasteiger partial charge in [0.05, 0.1) is 16.6 Å². The van der Waals surface area contributed by atoms with Crippen LogP contribution in [0.5, 0.6) is 0 Å². The summed E-state index contributed by atoms with van der Waals surface area (Å²) in [6.07, 6.45) is 2.00. The van der Waals surface area contributed by atoms with Crippen molar-refractivity contribution in [1.29, 1.82) is 0 Å². The topological polar surface area (TPSA) is 88.2 Å². The second-order valence-electron chi connectivity index (χ2n) is 8.20. The second-order valence-corrected chi connectivity index (χ2v) is 10.9. The molecule has 0 saturated carbocycles. The Morgan fingerprint density at radius 2 is 1.82 bits per heavy atom. The first kappa shape index (κ1) is 21.9. The predicted molar refractivity (Wildman–Crippen MR) is 113 cm³/mol. The van der Waals surface area contributed by atoms with Gasteiger partial charge in [0.2, 0.25) is 5.91 Å². The highest BCUT2D eigenvalue weighted by Gasteiger charge is 2.31. The molecule has 1 heterocycles. The molecular formula is C21H29N3O3S. The highest BCUT2D eigenvalue weighted by molar-refractivity contribution is 7.92. The van der Waals surface area contributed by atoms with Crippen LogP contribution in [0, 0.1) is 5.92 Å². The molecule has 0 aliphatic heterocycles. The largest absolute Gasteiger partial charge is 0.380 e. The average molecular weight is 404 g/mol. The lowest BCUT2D eigenvalue weighted by atomic mass is 10.1. The first-order valence-corrected chi connectivity index (χ1v) is 10.8. The number of nitrogens with zero attached hydrogens (tertiary/aromatic N) is 1. The quantitative estimate of drug-likeness (QED) is 0.721. The van der Waals surface area contributed by atoms with E-state index in [2.05, 4.69) is 15.6 Å². The lowest BCUT2D eigenvalue weighted by Gasteiger charge is -2.18. The van der Waals surface area contributed by atoms with Crippen molar-refractivity contribution in [3.8, 4) is 0 Å². The van der Waals surface area contributed by atoms with Gasteiger partial charge in [-0.1, -0.05) is 26.0 Å². The van der Waals surface area contributed by atoms with E-state index in [1.54, 1.807) is 26.8 Å². The van der Waals surface area contributed by atoms with Crippen LogP contribution in [0.25, 0.3) is 0 Å². The van der Waals surface area contributed by atoms with Gasteiger partial charge >= 0.3 is 0 Å². The van der Waals surface area contributed by atoms with E-state index in [1.807, 2.05) is 38.1 Å². The zero-order chi connectivity index (χ0) is 20.9. The summed E-state index contributed by atoms with van der Waals surface area (Å²) in [4.78, 5) is 16.0. The predicted octanol–water partition coefficient (Wildman–Crippen LogP) is 4.25. The molecular weight excluding hydrogens is 374 g/mol. The number of nitrogens with one attached hydrogen (secondary N) is 2. The summed E-state index contributed by atoms with van der Waals surface area (Å²) in [5.41, 5.74) is 2.48. The zero-order valence-corrected chi connectivity index (χ0v) is 17.9. The number of anilines is 2. The maximum atomic E-state index is 12.4. The minimum absolute atomic E-state index is 0.0000411. The first-order chi connectivity index (χ1) is 13.0. The van der Waals surface area contributed by atoms with Crippen molar-refractivity contribution in [2.45, 2.75) is 57.4 Å². The minimum Gasteiger partial charge on any atom is -0.380 e. The van der Waals surface area contributed by atoms with Crippen molar-refractivity contribution in [1.82, 2.24) is 4.98 Å². The Morgan fingerprint density at radius 3 is 2.39 bits per heavy atom. The lowest BCUT2D eigenvalue weighted by Crippen LogP contribution is -2.28. The SMILES string of the molecule is CC(C)CC(=O)Nc1cccc(CNc2ccc(S(=O)(=O)C(C)(C)C)nc2)c1. The number of benzene rings is 1. The Morgan fingerprint density at radius 1 is 1.11 bits per heavy atom. The van der Waals surface area contributed by atoms with Gasteiger partial charge in [-0.15, -0.1) is 0 Å². The normalized spacial score (nSPS) is 12.1. The van der Waals surface area contributed by atoms with Crippen molar-refractivity contribution in [2.75, 3.05) is 10.6 Å². The van der Waals surface area contributed by atoms with Crippen LogP contribution in [-0.4, -0.2) is 24.1 Å². The summed E-state index contributed by atoms with van der Waals surface area (Å²) in [7, 11) is -3.47. The van der Waals surface area contributed by atoms with Crippen molar-refractivity contribution < 1.29 is 13.2 Å². The number of hydrogen-bond acceptors (Lipinski definition) is 5. The van der Waals surface area contributed by atoms with E-state index >= 15 is 0 Å². The molecule has 0 aliphatic carbocycles. The van der Waals surface area contributed by atoms with Crippen molar-refractivity contribution in [3.63, 3.8) is 0 Å². The van der Waals surface area contributed by atoms with E-state index in [1.165, 1.54) is 12.3 Å². The molecule has 0 bridgehead atoms. The fourth-order valence-corrected chi connectivity index (χ4v) is 3.57. The highest BCUT2D eigenvalue weighted by Crippen LogP contribution is 2.24. The molecule has 7 heteroatoms. The van der Waals surface area contributed by atoms with E-state index in [0.29, 0.717) is 18.9 Å². The van der Waals surface area contributed by atoms with Crippen molar-refractivity contribution in [2.24, 2.45) is 5.92 Å². The molecule has 2 N–H and O–H groups in total. The summed E-state index contributed by atoms with van der Waals surface area (Å²) < 4.78 is 23.9. The molecule has 0 unspecified atom stereocenters. The fraction of sp³-hybridized carbons (Fsp3) is 0.429. The van der Waals surface area contributed by atoms with E-state index in [-0.39, 0.29) is 10.9 Å². The zero-order valence-electron chi connectivity index (χ0n) is 17.1. The van der Waals surface area contributed by atoms with Crippen molar-refractivity contribution >= 4 is 27.1 Å². The molecule has 2 rings (SSSR count). The molecule has 0 fully saturated rings. The van der Waals surface area contributed by atoms with Crippen LogP contribution in [0.15, 0.2) is 47.6 Å². The monoisotopic (exact) mass is 403 g/mol. The van der Waals surface area contributed by atoms with Gasteiger partial charge in [-0.2, -0.15) is 0 Å². The third-order valence-electron chi connectivity index (χ3n) is 4.12. The molecule has 0 atom stereocenters. The highest BCUT2D eigenvalue weighted by atomic mass is 32.2. The van der Waals surface area contributed by atoms with E-state index in [9.17, 15) is 13.2 Å². The van der Waals surface area contributed by atoms with Crippen molar-refractivity contribution in [3.05, 3.63) is 48.2 Å². The van der Waals surface area contributed by atoms with Crippen LogP contribution in [-0.2, 0) is 21.2 Å². The molecule has 1 aromatic heterocycles. The van der Waals surface area contributed by atoms with Crippen LogP contribution in [0.4, 0.5) is 11.4 Å². The molecule has 0 saturated heterocycles. The van der Waals surface area contributed by atoms with Gasteiger partial charge in [0.15, 0.2) is 14.9 Å². The summed E-state index contributed by atoms with van der Waals surface area (Å²) in [5, 5.41) is 6.20. The Balaban J connectivity index is 2.01. The van der Waals surface area contributed by atoms with Gasteiger partial charge in [0.1, 0.15) is 0 Å². The number of carbonyl (C=O) groups excluding carboxylic acids is 1. The van der Waals surface area contributed by atoms with E-state index in [4.69, 9.17) is 0 Å². The van der Waals surface area contributed by atoms with Gasteiger partial charge in [-0.3, -0.25) is 4.79 Å². The number of hydrogen-bond donors (Lipinski definition) is 2. The summed E-state index contributed by atoms with van der Waals surface area (Å²) in [5.74, 6) is 0.308. The lowest BCUT2D eigenvalue weighted by molar-refractivity contribution is -0.116. The Hall–Kier alpha value is -2.41.